The lowest BCUT2D eigenvalue weighted by atomic mass is 9.80. The molecule has 0 bridgehead atoms. The molecule has 0 unspecified atom stereocenters. The molecule has 0 aliphatic carbocycles. The van der Waals surface area contributed by atoms with Crippen LogP contribution in [0.15, 0.2) is 72.8 Å². The fourth-order valence-corrected chi connectivity index (χ4v) is 3.42. The summed E-state index contributed by atoms with van der Waals surface area (Å²) in [6.45, 7) is -1.43. The molecule has 0 aliphatic heterocycles. The Morgan fingerprint density at radius 1 is 0.548 bits per heavy atom. The van der Waals surface area contributed by atoms with Gasteiger partial charge in [0.2, 0.25) is 0 Å². The molecular weight excluding hydrogens is 409 g/mol. The number of methoxy groups -OCH3 is 3. The average Bonchev–Trinajstić information content (AvgIpc) is 2.80. The van der Waals surface area contributed by atoms with E-state index in [1.165, 1.54) is 21.3 Å². The van der Waals surface area contributed by atoms with Crippen LogP contribution in [0.3, 0.4) is 0 Å². The number of ether oxygens (including phenoxy) is 4. The zero-order valence-electron chi connectivity index (χ0n) is 17.4. The summed E-state index contributed by atoms with van der Waals surface area (Å²) in [5, 5.41) is 0. The van der Waals surface area contributed by atoms with Crippen LogP contribution in [0.4, 0.5) is 13.2 Å². The van der Waals surface area contributed by atoms with E-state index in [1.807, 2.05) is 0 Å². The highest BCUT2D eigenvalue weighted by Crippen LogP contribution is 2.43. The molecule has 3 aromatic rings. The van der Waals surface area contributed by atoms with E-state index in [2.05, 4.69) is 0 Å². The van der Waals surface area contributed by atoms with Gasteiger partial charge in [0, 0.05) is 0 Å². The minimum atomic E-state index is -4.52. The number of hydrogen-bond donors (Lipinski definition) is 0. The standard InChI is InChI=1S/C24H23F3O4/c1-28-20-10-4-17(5-11-20)24(31-16-23(25,26)27,18-6-12-21(29-2)13-7-18)19-8-14-22(30-3)15-9-19/h4-15H,16H2,1-3H3. The molecule has 3 rings (SSSR count). The second-order valence-corrected chi connectivity index (χ2v) is 6.77. The van der Waals surface area contributed by atoms with Crippen molar-refractivity contribution >= 4 is 0 Å². The molecule has 0 atom stereocenters. The normalized spacial score (nSPS) is 11.8. The smallest absolute Gasteiger partial charge is 0.411 e. The summed E-state index contributed by atoms with van der Waals surface area (Å²) in [6, 6.07) is 20.3. The van der Waals surface area contributed by atoms with Crippen molar-refractivity contribution in [2.24, 2.45) is 0 Å². The highest BCUT2D eigenvalue weighted by molar-refractivity contribution is 5.50. The molecule has 164 valence electrons. The fraction of sp³-hybridized carbons (Fsp3) is 0.250. The lowest BCUT2D eigenvalue weighted by Gasteiger charge is -2.36. The molecule has 0 N–H and O–H groups in total. The van der Waals surface area contributed by atoms with Crippen molar-refractivity contribution in [3.63, 3.8) is 0 Å². The van der Waals surface area contributed by atoms with Gasteiger partial charge in [0.1, 0.15) is 29.5 Å². The van der Waals surface area contributed by atoms with Crippen molar-refractivity contribution in [2.75, 3.05) is 27.9 Å². The molecule has 0 heterocycles. The van der Waals surface area contributed by atoms with Gasteiger partial charge in [0.05, 0.1) is 21.3 Å². The van der Waals surface area contributed by atoms with Gasteiger partial charge in [-0.3, -0.25) is 0 Å². The highest BCUT2D eigenvalue weighted by atomic mass is 19.4. The Balaban J connectivity index is 2.25. The van der Waals surface area contributed by atoms with Gasteiger partial charge in [-0.15, -0.1) is 0 Å². The molecular formula is C24H23F3O4. The number of hydrogen-bond acceptors (Lipinski definition) is 4. The SMILES string of the molecule is COc1ccc(C(OCC(F)(F)F)(c2ccc(OC)cc2)c2ccc(OC)cc2)cc1. The van der Waals surface area contributed by atoms with E-state index in [9.17, 15) is 13.2 Å². The fourth-order valence-electron chi connectivity index (χ4n) is 3.42. The lowest BCUT2D eigenvalue weighted by molar-refractivity contribution is -0.194. The van der Waals surface area contributed by atoms with Gasteiger partial charge >= 0.3 is 6.18 Å². The van der Waals surface area contributed by atoms with Gasteiger partial charge in [-0.05, 0) is 53.1 Å². The van der Waals surface area contributed by atoms with Gasteiger partial charge < -0.3 is 18.9 Å². The number of rotatable bonds is 8. The minimum Gasteiger partial charge on any atom is -0.497 e. The summed E-state index contributed by atoms with van der Waals surface area (Å²) in [5.74, 6) is 1.74. The maximum atomic E-state index is 13.3. The van der Waals surface area contributed by atoms with Gasteiger partial charge in [0.25, 0.3) is 0 Å². The first-order chi connectivity index (χ1) is 14.8. The maximum Gasteiger partial charge on any atom is 0.411 e. The van der Waals surface area contributed by atoms with Crippen molar-refractivity contribution in [2.45, 2.75) is 11.8 Å². The lowest BCUT2D eigenvalue weighted by Crippen LogP contribution is -2.36. The molecule has 0 amide bonds. The van der Waals surface area contributed by atoms with E-state index in [-0.39, 0.29) is 0 Å². The minimum absolute atomic E-state index is 0.521. The van der Waals surface area contributed by atoms with Crippen LogP contribution in [0, 0.1) is 0 Å². The second-order valence-electron chi connectivity index (χ2n) is 6.77. The Morgan fingerprint density at radius 3 is 1.06 bits per heavy atom. The molecule has 0 aromatic heterocycles. The molecule has 0 aliphatic rings. The van der Waals surface area contributed by atoms with Crippen molar-refractivity contribution in [3.8, 4) is 17.2 Å². The zero-order valence-corrected chi connectivity index (χ0v) is 17.4. The summed E-state index contributed by atoms with van der Waals surface area (Å²) < 4.78 is 61.3. The molecule has 3 aromatic carbocycles. The van der Waals surface area contributed by atoms with Crippen molar-refractivity contribution in [1.82, 2.24) is 0 Å². The largest absolute Gasteiger partial charge is 0.497 e. The second kappa shape index (κ2) is 9.31. The maximum absolute atomic E-state index is 13.3. The van der Waals surface area contributed by atoms with Crippen LogP contribution in [0.2, 0.25) is 0 Å². The quantitative estimate of drug-likeness (QED) is 0.435. The first-order valence-corrected chi connectivity index (χ1v) is 9.46. The highest BCUT2D eigenvalue weighted by Gasteiger charge is 2.42. The van der Waals surface area contributed by atoms with Gasteiger partial charge in [0.15, 0.2) is 0 Å². The summed E-state index contributed by atoms with van der Waals surface area (Å²) in [4.78, 5) is 0. The Labute approximate surface area is 179 Å². The Morgan fingerprint density at radius 2 is 0.839 bits per heavy atom. The zero-order chi connectivity index (χ0) is 22.5. The Bertz CT molecular complexity index is 850. The molecule has 0 saturated carbocycles. The molecule has 4 nitrogen and oxygen atoms in total. The van der Waals surface area contributed by atoms with Gasteiger partial charge in [-0.1, -0.05) is 36.4 Å². The van der Waals surface area contributed by atoms with E-state index in [0.717, 1.165) is 0 Å². The molecule has 31 heavy (non-hydrogen) atoms. The monoisotopic (exact) mass is 432 g/mol. The van der Waals surface area contributed by atoms with Crippen LogP contribution in [-0.4, -0.2) is 34.1 Å². The molecule has 7 heteroatoms. The van der Waals surface area contributed by atoms with E-state index >= 15 is 0 Å². The molecule has 0 spiro atoms. The van der Waals surface area contributed by atoms with Crippen LogP contribution in [0.5, 0.6) is 17.2 Å². The van der Waals surface area contributed by atoms with Crippen LogP contribution in [0.25, 0.3) is 0 Å². The topological polar surface area (TPSA) is 36.9 Å². The summed E-state index contributed by atoms with van der Waals surface area (Å²) >= 11 is 0. The van der Waals surface area contributed by atoms with Crippen LogP contribution in [0.1, 0.15) is 16.7 Å². The van der Waals surface area contributed by atoms with Crippen LogP contribution < -0.4 is 14.2 Å². The third kappa shape index (κ3) is 4.94. The molecule has 0 fully saturated rings. The number of halogens is 3. The summed E-state index contributed by atoms with van der Waals surface area (Å²) in [5.41, 5.74) is 0.0361. The van der Waals surface area contributed by atoms with Crippen molar-refractivity contribution in [1.29, 1.82) is 0 Å². The third-order valence-corrected chi connectivity index (χ3v) is 4.94. The van der Waals surface area contributed by atoms with Crippen LogP contribution >= 0.6 is 0 Å². The van der Waals surface area contributed by atoms with E-state index < -0.39 is 18.4 Å². The van der Waals surface area contributed by atoms with E-state index in [1.54, 1.807) is 72.8 Å². The molecule has 0 radical (unpaired) electrons. The Hall–Kier alpha value is -3.19. The van der Waals surface area contributed by atoms with Gasteiger partial charge in [-0.2, -0.15) is 13.2 Å². The predicted molar refractivity (Wildman–Crippen MR) is 111 cm³/mol. The predicted octanol–water partition coefficient (Wildman–Crippen LogP) is 5.58. The molecule has 0 saturated heterocycles. The first kappa shape index (κ1) is 22.5. The summed E-state index contributed by atoms with van der Waals surface area (Å²) in [7, 11) is 4.57. The van der Waals surface area contributed by atoms with Crippen molar-refractivity contribution < 1.29 is 32.1 Å². The third-order valence-electron chi connectivity index (χ3n) is 4.94. The summed E-state index contributed by atoms with van der Waals surface area (Å²) in [6.07, 6.45) is -4.52. The van der Waals surface area contributed by atoms with Crippen LogP contribution in [-0.2, 0) is 10.3 Å². The first-order valence-electron chi connectivity index (χ1n) is 9.46. The number of benzene rings is 3. The Kier molecular flexibility index (Phi) is 6.75. The average molecular weight is 432 g/mol. The van der Waals surface area contributed by atoms with Gasteiger partial charge in [-0.25, -0.2) is 0 Å². The van der Waals surface area contributed by atoms with E-state index in [4.69, 9.17) is 18.9 Å². The number of alkyl halides is 3. The van der Waals surface area contributed by atoms with E-state index in [0.29, 0.717) is 33.9 Å². The van der Waals surface area contributed by atoms with Crippen molar-refractivity contribution in [3.05, 3.63) is 89.5 Å².